The summed E-state index contributed by atoms with van der Waals surface area (Å²) in [6, 6.07) is 3.46. The van der Waals surface area contributed by atoms with Crippen LogP contribution in [0.4, 0.5) is 5.82 Å². The van der Waals surface area contributed by atoms with E-state index in [0.29, 0.717) is 24.6 Å². The molecule has 8 nitrogen and oxygen atoms in total. The van der Waals surface area contributed by atoms with E-state index in [1.807, 2.05) is 9.30 Å². The number of anilines is 1. The first-order valence-corrected chi connectivity index (χ1v) is 8.60. The molecule has 0 radical (unpaired) electrons. The summed E-state index contributed by atoms with van der Waals surface area (Å²) in [5.74, 6) is 2.16. The first-order valence-electron chi connectivity index (χ1n) is 8.60. The van der Waals surface area contributed by atoms with E-state index in [4.69, 9.17) is 4.42 Å². The summed E-state index contributed by atoms with van der Waals surface area (Å²) >= 11 is 0. The van der Waals surface area contributed by atoms with E-state index in [1.54, 1.807) is 18.5 Å². The number of rotatable bonds is 2. The Balaban J connectivity index is 1.42. The molecule has 0 N–H and O–H groups in total. The highest BCUT2D eigenvalue weighted by atomic mass is 16.3. The maximum atomic E-state index is 12.4. The molecule has 0 bridgehead atoms. The molecule has 0 spiro atoms. The average molecular weight is 338 g/mol. The van der Waals surface area contributed by atoms with Gasteiger partial charge in [-0.25, -0.2) is 4.98 Å². The predicted octanol–water partition coefficient (Wildman–Crippen LogP) is 1.17. The van der Waals surface area contributed by atoms with Gasteiger partial charge in [-0.1, -0.05) is 0 Å². The number of furan rings is 1. The minimum absolute atomic E-state index is 0.0425. The number of nitrogens with zero attached hydrogens (tertiary/aromatic N) is 6. The van der Waals surface area contributed by atoms with Gasteiger partial charge in [0.15, 0.2) is 5.76 Å². The van der Waals surface area contributed by atoms with Gasteiger partial charge in [0.25, 0.3) is 11.7 Å². The van der Waals surface area contributed by atoms with Crippen LogP contribution in [0.5, 0.6) is 0 Å². The summed E-state index contributed by atoms with van der Waals surface area (Å²) in [6.45, 7) is 2.88. The third-order valence-corrected chi connectivity index (χ3v) is 5.05. The van der Waals surface area contributed by atoms with E-state index in [0.717, 1.165) is 43.9 Å². The van der Waals surface area contributed by atoms with Gasteiger partial charge in [0.1, 0.15) is 12.1 Å². The van der Waals surface area contributed by atoms with E-state index >= 15 is 0 Å². The van der Waals surface area contributed by atoms with Crippen LogP contribution in [0.1, 0.15) is 28.2 Å². The molecule has 0 atom stereocenters. The van der Waals surface area contributed by atoms with Crippen LogP contribution in [0.3, 0.4) is 0 Å². The fourth-order valence-electron chi connectivity index (χ4n) is 3.83. The lowest BCUT2D eigenvalue weighted by molar-refractivity contribution is 0.0714. The molecule has 1 fully saturated rings. The molecule has 1 aliphatic carbocycles. The topological polar surface area (TPSA) is 79.8 Å². The zero-order chi connectivity index (χ0) is 16.8. The summed E-state index contributed by atoms with van der Waals surface area (Å²) in [4.78, 5) is 21.2. The van der Waals surface area contributed by atoms with Gasteiger partial charge in [-0.2, -0.15) is 0 Å². The van der Waals surface area contributed by atoms with Crippen molar-refractivity contribution in [2.24, 2.45) is 0 Å². The molecular weight excluding hydrogens is 320 g/mol. The largest absolute Gasteiger partial charge is 0.459 e. The molecule has 1 amide bonds. The molecule has 4 heterocycles. The normalized spacial score (nSPS) is 17.3. The van der Waals surface area contributed by atoms with Crippen molar-refractivity contribution < 1.29 is 9.21 Å². The van der Waals surface area contributed by atoms with Crippen molar-refractivity contribution in [1.29, 1.82) is 0 Å². The second kappa shape index (κ2) is 5.58. The Morgan fingerprint density at radius 2 is 2.04 bits per heavy atom. The zero-order valence-electron chi connectivity index (χ0n) is 13.8. The molecule has 3 aromatic rings. The lowest BCUT2D eigenvalue weighted by Gasteiger charge is -2.36. The number of piperazine rings is 1. The minimum Gasteiger partial charge on any atom is -0.459 e. The second-order valence-corrected chi connectivity index (χ2v) is 6.47. The van der Waals surface area contributed by atoms with Crippen LogP contribution < -0.4 is 4.90 Å². The summed E-state index contributed by atoms with van der Waals surface area (Å²) in [5, 5.41) is 8.15. The van der Waals surface area contributed by atoms with Crippen LogP contribution >= 0.6 is 0 Å². The number of aromatic nitrogens is 4. The van der Waals surface area contributed by atoms with Gasteiger partial charge < -0.3 is 14.2 Å². The Bertz CT molecular complexity index is 924. The molecule has 8 heteroatoms. The SMILES string of the molecule is O=C(c1ccco1)N1CCN(c2c3c(nc4nncn24)CCC3)CC1. The van der Waals surface area contributed by atoms with Crippen LogP contribution in [0, 0.1) is 0 Å². The van der Waals surface area contributed by atoms with Gasteiger partial charge in [0.2, 0.25) is 0 Å². The summed E-state index contributed by atoms with van der Waals surface area (Å²) in [7, 11) is 0. The van der Waals surface area contributed by atoms with Crippen molar-refractivity contribution in [1.82, 2.24) is 24.5 Å². The Kier molecular flexibility index (Phi) is 3.22. The van der Waals surface area contributed by atoms with Crippen LogP contribution in [-0.4, -0.2) is 56.6 Å². The molecule has 25 heavy (non-hydrogen) atoms. The van der Waals surface area contributed by atoms with Gasteiger partial charge in [-0.05, 0) is 31.4 Å². The van der Waals surface area contributed by atoms with E-state index in [2.05, 4.69) is 20.1 Å². The summed E-state index contributed by atoms with van der Waals surface area (Å²) in [6.07, 6.45) is 6.44. The van der Waals surface area contributed by atoms with Crippen molar-refractivity contribution in [2.75, 3.05) is 31.1 Å². The van der Waals surface area contributed by atoms with E-state index in [1.165, 1.54) is 11.8 Å². The molecule has 128 valence electrons. The second-order valence-electron chi connectivity index (χ2n) is 6.47. The number of fused-ring (bicyclic) bond motifs is 2. The summed E-state index contributed by atoms with van der Waals surface area (Å²) in [5.41, 5.74) is 2.45. The highest BCUT2D eigenvalue weighted by Crippen LogP contribution is 2.31. The van der Waals surface area contributed by atoms with E-state index in [-0.39, 0.29) is 5.91 Å². The Morgan fingerprint density at radius 3 is 2.84 bits per heavy atom. The number of hydrogen-bond donors (Lipinski definition) is 0. The fraction of sp³-hybridized carbons (Fsp3) is 0.412. The Hall–Kier alpha value is -2.90. The number of carbonyl (C=O) groups excluding carboxylic acids is 1. The average Bonchev–Trinajstić information content (AvgIpc) is 3.39. The maximum absolute atomic E-state index is 12.4. The lowest BCUT2D eigenvalue weighted by Crippen LogP contribution is -2.49. The molecule has 1 aliphatic heterocycles. The molecule has 0 unspecified atom stereocenters. The predicted molar refractivity (Wildman–Crippen MR) is 89.6 cm³/mol. The minimum atomic E-state index is -0.0425. The van der Waals surface area contributed by atoms with Crippen molar-refractivity contribution in [2.45, 2.75) is 19.3 Å². The van der Waals surface area contributed by atoms with Crippen LogP contribution in [-0.2, 0) is 12.8 Å². The van der Waals surface area contributed by atoms with Crippen molar-refractivity contribution in [3.8, 4) is 0 Å². The van der Waals surface area contributed by atoms with Crippen LogP contribution in [0.25, 0.3) is 5.78 Å². The first-order chi connectivity index (χ1) is 12.3. The van der Waals surface area contributed by atoms with Gasteiger partial charge in [-0.15, -0.1) is 10.2 Å². The number of amides is 1. The van der Waals surface area contributed by atoms with E-state index in [9.17, 15) is 4.79 Å². The first kappa shape index (κ1) is 14.4. The molecule has 1 saturated heterocycles. The smallest absolute Gasteiger partial charge is 0.289 e. The maximum Gasteiger partial charge on any atom is 0.289 e. The molecule has 3 aromatic heterocycles. The van der Waals surface area contributed by atoms with Crippen LogP contribution in [0.2, 0.25) is 0 Å². The Labute approximate surface area is 144 Å². The van der Waals surface area contributed by atoms with E-state index < -0.39 is 0 Å². The Morgan fingerprint density at radius 1 is 1.16 bits per heavy atom. The van der Waals surface area contributed by atoms with Crippen molar-refractivity contribution in [3.05, 3.63) is 41.7 Å². The standard InChI is InChI=1S/C17H18N6O2/c24-16(14-5-2-10-25-14)22-8-6-21(7-9-22)15-12-3-1-4-13(12)19-17-20-18-11-23(15)17/h2,5,10-11H,1,3-4,6-9H2. The fourth-order valence-corrected chi connectivity index (χ4v) is 3.83. The zero-order valence-corrected chi connectivity index (χ0v) is 13.8. The molecule has 5 rings (SSSR count). The number of carbonyl (C=O) groups is 1. The van der Waals surface area contributed by atoms with Gasteiger partial charge in [-0.3, -0.25) is 9.20 Å². The van der Waals surface area contributed by atoms with Gasteiger partial charge >= 0.3 is 0 Å². The molecule has 0 saturated carbocycles. The molecular formula is C17H18N6O2. The highest BCUT2D eigenvalue weighted by Gasteiger charge is 2.29. The lowest BCUT2D eigenvalue weighted by atomic mass is 10.2. The van der Waals surface area contributed by atoms with Crippen molar-refractivity contribution >= 4 is 17.5 Å². The monoisotopic (exact) mass is 338 g/mol. The number of hydrogen-bond acceptors (Lipinski definition) is 6. The molecule has 2 aliphatic rings. The number of aryl methyl sites for hydroxylation is 1. The summed E-state index contributed by atoms with van der Waals surface area (Å²) < 4.78 is 7.21. The van der Waals surface area contributed by atoms with Gasteiger partial charge in [0.05, 0.1) is 12.0 Å². The third kappa shape index (κ3) is 2.28. The van der Waals surface area contributed by atoms with Gasteiger partial charge in [0, 0.05) is 31.7 Å². The third-order valence-electron chi connectivity index (χ3n) is 5.05. The van der Waals surface area contributed by atoms with Crippen LogP contribution in [0.15, 0.2) is 29.1 Å². The highest BCUT2D eigenvalue weighted by molar-refractivity contribution is 5.91. The quantitative estimate of drug-likeness (QED) is 0.698. The van der Waals surface area contributed by atoms with Crippen molar-refractivity contribution in [3.63, 3.8) is 0 Å². The molecule has 0 aromatic carbocycles.